The van der Waals surface area contributed by atoms with Gasteiger partial charge in [0.1, 0.15) is 5.69 Å². The van der Waals surface area contributed by atoms with Gasteiger partial charge in [0.25, 0.3) is 5.91 Å². The third-order valence-corrected chi connectivity index (χ3v) is 2.37. The van der Waals surface area contributed by atoms with Crippen LogP contribution in [0.3, 0.4) is 0 Å². The SMILES string of the molecule is CC(=O)c1c[nH]c(C(=O)Nc2ccccc2)c1. The van der Waals surface area contributed by atoms with E-state index in [1.807, 2.05) is 18.2 Å². The summed E-state index contributed by atoms with van der Waals surface area (Å²) in [5.41, 5.74) is 1.60. The van der Waals surface area contributed by atoms with Gasteiger partial charge in [-0.1, -0.05) is 18.2 Å². The smallest absolute Gasteiger partial charge is 0.272 e. The molecule has 0 aliphatic rings. The van der Waals surface area contributed by atoms with Gasteiger partial charge in [0.2, 0.25) is 0 Å². The van der Waals surface area contributed by atoms with Crippen molar-refractivity contribution in [2.75, 3.05) is 5.32 Å². The number of carbonyl (C=O) groups is 2. The van der Waals surface area contributed by atoms with Crippen LogP contribution < -0.4 is 5.32 Å². The highest BCUT2D eigenvalue weighted by molar-refractivity contribution is 6.05. The van der Waals surface area contributed by atoms with E-state index in [1.165, 1.54) is 13.1 Å². The van der Waals surface area contributed by atoms with Crippen molar-refractivity contribution in [1.82, 2.24) is 4.98 Å². The number of amides is 1. The largest absolute Gasteiger partial charge is 0.356 e. The number of carbonyl (C=O) groups excluding carboxylic acids is 2. The van der Waals surface area contributed by atoms with Crippen molar-refractivity contribution in [2.24, 2.45) is 0 Å². The molecule has 0 bridgehead atoms. The van der Waals surface area contributed by atoms with Gasteiger partial charge in [-0.05, 0) is 25.1 Å². The maximum atomic E-state index is 11.8. The Bertz CT molecular complexity index is 544. The van der Waals surface area contributed by atoms with Crippen molar-refractivity contribution < 1.29 is 9.59 Å². The van der Waals surface area contributed by atoms with Crippen LogP contribution in [-0.4, -0.2) is 16.7 Å². The van der Waals surface area contributed by atoms with Crippen molar-refractivity contribution in [3.05, 3.63) is 53.9 Å². The molecule has 4 heteroatoms. The van der Waals surface area contributed by atoms with E-state index in [-0.39, 0.29) is 11.7 Å². The maximum Gasteiger partial charge on any atom is 0.272 e. The highest BCUT2D eigenvalue weighted by Gasteiger charge is 2.10. The molecule has 0 atom stereocenters. The molecule has 0 radical (unpaired) electrons. The highest BCUT2D eigenvalue weighted by atomic mass is 16.2. The zero-order chi connectivity index (χ0) is 12.3. The third-order valence-electron chi connectivity index (χ3n) is 2.37. The number of para-hydroxylation sites is 1. The average molecular weight is 228 g/mol. The van der Waals surface area contributed by atoms with Gasteiger partial charge in [-0.2, -0.15) is 0 Å². The third kappa shape index (κ3) is 2.60. The molecule has 1 amide bonds. The Labute approximate surface area is 98.7 Å². The maximum absolute atomic E-state index is 11.8. The first-order chi connectivity index (χ1) is 8.16. The number of aromatic nitrogens is 1. The van der Waals surface area contributed by atoms with Crippen molar-refractivity contribution >= 4 is 17.4 Å². The van der Waals surface area contributed by atoms with Gasteiger partial charge in [0, 0.05) is 17.4 Å². The summed E-state index contributed by atoms with van der Waals surface area (Å²) in [5, 5.41) is 2.73. The molecule has 1 heterocycles. The van der Waals surface area contributed by atoms with Crippen LogP contribution in [0, 0.1) is 0 Å². The number of Topliss-reactive ketones (excluding diaryl/α,β-unsaturated/α-hetero) is 1. The molecule has 1 aromatic carbocycles. The van der Waals surface area contributed by atoms with Crippen LogP contribution in [0.5, 0.6) is 0 Å². The molecule has 86 valence electrons. The van der Waals surface area contributed by atoms with Crippen molar-refractivity contribution in [1.29, 1.82) is 0 Å². The minimum absolute atomic E-state index is 0.0694. The molecular weight excluding hydrogens is 216 g/mol. The Kier molecular flexibility index (Phi) is 3.05. The lowest BCUT2D eigenvalue weighted by Gasteiger charge is -2.02. The average Bonchev–Trinajstić information content (AvgIpc) is 2.79. The molecular formula is C13H12N2O2. The van der Waals surface area contributed by atoms with Crippen molar-refractivity contribution in [3.8, 4) is 0 Å². The summed E-state index contributed by atoms with van der Waals surface area (Å²) in [6, 6.07) is 10.7. The molecule has 0 unspecified atom stereocenters. The van der Waals surface area contributed by atoms with Crippen molar-refractivity contribution in [2.45, 2.75) is 6.92 Å². The summed E-state index contributed by atoms with van der Waals surface area (Å²) >= 11 is 0. The summed E-state index contributed by atoms with van der Waals surface area (Å²) in [7, 11) is 0. The number of nitrogens with one attached hydrogen (secondary N) is 2. The second kappa shape index (κ2) is 4.65. The zero-order valence-corrected chi connectivity index (χ0v) is 9.36. The predicted molar refractivity (Wildman–Crippen MR) is 65.2 cm³/mol. The number of hydrogen-bond donors (Lipinski definition) is 2. The van der Waals surface area contributed by atoms with Gasteiger partial charge in [0.05, 0.1) is 0 Å². The van der Waals surface area contributed by atoms with Crippen LogP contribution in [0.25, 0.3) is 0 Å². The van der Waals surface area contributed by atoms with E-state index in [0.29, 0.717) is 11.3 Å². The monoisotopic (exact) mass is 228 g/mol. The Hall–Kier alpha value is -2.36. The topological polar surface area (TPSA) is 62.0 Å². The summed E-state index contributed by atoms with van der Waals surface area (Å²) in [4.78, 5) is 25.7. The van der Waals surface area contributed by atoms with E-state index in [1.54, 1.807) is 18.2 Å². The molecule has 0 aliphatic carbocycles. The first-order valence-corrected chi connectivity index (χ1v) is 5.22. The predicted octanol–water partition coefficient (Wildman–Crippen LogP) is 2.47. The second-order valence-electron chi connectivity index (χ2n) is 3.68. The summed E-state index contributed by atoms with van der Waals surface area (Å²) < 4.78 is 0. The Balaban J connectivity index is 2.12. The van der Waals surface area contributed by atoms with Crippen molar-refractivity contribution in [3.63, 3.8) is 0 Å². The first kappa shape index (κ1) is 11.1. The Morgan fingerprint density at radius 1 is 1.18 bits per heavy atom. The molecule has 2 N–H and O–H groups in total. The van der Waals surface area contributed by atoms with Gasteiger partial charge in [-0.3, -0.25) is 9.59 Å². The number of anilines is 1. The normalized spacial score (nSPS) is 9.94. The lowest BCUT2D eigenvalue weighted by atomic mass is 10.2. The van der Waals surface area contributed by atoms with Crippen LogP contribution in [0.15, 0.2) is 42.6 Å². The minimum atomic E-state index is -0.260. The number of rotatable bonds is 3. The van der Waals surface area contributed by atoms with E-state index in [2.05, 4.69) is 10.3 Å². The summed E-state index contributed by atoms with van der Waals surface area (Å²) in [6.07, 6.45) is 1.53. The highest BCUT2D eigenvalue weighted by Crippen LogP contribution is 2.09. The number of benzene rings is 1. The number of hydrogen-bond acceptors (Lipinski definition) is 2. The molecule has 2 aromatic rings. The van der Waals surface area contributed by atoms with E-state index < -0.39 is 0 Å². The molecule has 0 saturated heterocycles. The lowest BCUT2D eigenvalue weighted by Crippen LogP contribution is -2.11. The number of ketones is 1. The van der Waals surface area contributed by atoms with Crippen LogP contribution in [-0.2, 0) is 0 Å². The van der Waals surface area contributed by atoms with E-state index in [9.17, 15) is 9.59 Å². The van der Waals surface area contributed by atoms with Crippen LogP contribution in [0.1, 0.15) is 27.8 Å². The van der Waals surface area contributed by atoms with Crippen LogP contribution in [0.4, 0.5) is 5.69 Å². The van der Waals surface area contributed by atoms with E-state index in [0.717, 1.165) is 5.69 Å². The molecule has 0 aliphatic heterocycles. The van der Waals surface area contributed by atoms with Gasteiger partial charge in [-0.15, -0.1) is 0 Å². The molecule has 0 saturated carbocycles. The van der Waals surface area contributed by atoms with Gasteiger partial charge >= 0.3 is 0 Å². The summed E-state index contributed by atoms with van der Waals surface area (Å²) in [5.74, 6) is -0.330. The van der Waals surface area contributed by atoms with Crippen LogP contribution in [0.2, 0.25) is 0 Å². The molecule has 0 fully saturated rings. The fourth-order valence-corrected chi connectivity index (χ4v) is 1.45. The molecule has 0 spiro atoms. The number of aromatic amines is 1. The van der Waals surface area contributed by atoms with Gasteiger partial charge in [0.15, 0.2) is 5.78 Å². The molecule has 2 rings (SSSR count). The summed E-state index contributed by atoms with van der Waals surface area (Å²) in [6.45, 7) is 1.46. The standard InChI is InChI=1S/C13H12N2O2/c1-9(16)10-7-12(14-8-10)13(17)15-11-5-3-2-4-6-11/h2-8,14H,1H3,(H,15,17). The molecule has 1 aromatic heterocycles. The number of H-pyrrole nitrogens is 1. The zero-order valence-electron chi connectivity index (χ0n) is 9.36. The molecule has 17 heavy (non-hydrogen) atoms. The minimum Gasteiger partial charge on any atom is -0.356 e. The fraction of sp³-hybridized carbons (Fsp3) is 0.0769. The van der Waals surface area contributed by atoms with E-state index >= 15 is 0 Å². The second-order valence-corrected chi connectivity index (χ2v) is 3.68. The lowest BCUT2D eigenvalue weighted by molar-refractivity contribution is 0.101. The first-order valence-electron chi connectivity index (χ1n) is 5.22. The van der Waals surface area contributed by atoms with Crippen LogP contribution >= 0.6 is 0 Å². The quantitative estimate of drug-likeness (QED) is 0.793. The Morgan fingerprint density at radius 2 is 1.88 bits per heavy atom. The molecule has 4 nitrogen and oxygen atoms in total. The van der Waals surface area contributed by atoms with Gasteiger partial charge < -0.3 is 10.3 Å². The van der Waals surface area contributed by atoms with E-state index in [4.69, 9.17) is 0 Å². The Morgan fingerprint density at radius 3 is 2.47 bits per heavy atom. The van der Waals surface area contributed by atoms with Gasteiger partial charge in [-0.25, -0.2) is 0 Å². The fourth-order valence-electron chi connectivity index (χ4n) is 1.45.